The number of carbonyl (C=O) groups excluding carboxylic acids is 1. The zero-order valence-corrected chi connectivity index (χ0v) is 13.1. The van der Waals surface area contributed by atoms with E-state index < -0.39 is 5.97 Å². The molecule has 5 nitrogen and oxygen atoms in total. The lowest BCUT2D eigenvalue weighted by Gasteiger charge is -2.09. The minimum Gasteiger partial charge on any atom is -0.481 e. The van der Waals surface area contributed by atoms with Gasteiger partial charge in [0.15, 0.2) is 0 Å². The third-order valence-corrected chi connectivity index (χ3v) is 3.65. The Morgan fingerprint density at radius 1 is 0.957 bits per heavy atom. The van der Waals surface area contributed by atoms with Crippen molar-refractivity contribution < 1.29 is 14.7 Å². The molecule has 1 aromatic heterocycles. The van der Waals surface area contributed by atoms with Crippen molar-refractivity contribution in [3.8, 4) is 0 Å². The molecule has 0 aliphatic rings. The van der Waals surface area contributed by atoms with Crippen molar-refractivity contribution in [3.05, 3.63) is 54.4 Å². The zero-order chi connectivity index (χ0) is 16.5. The molecule has 2 N–H and O–H groups in total. The number of aryl methyl sites for hydroxylation is 1. The smallest absolute Gasteiger partial charge is 0.330 e. The Balaban J connectivity index is 1.80. The summed E-state index contributed by atoms with van der Waals surface area (Å²) in [6, 6.07) is 13.0. The molecule has 1 aromatic carbocycles. The standard InChI is InChI=1S/C18H22N2O3/c21-17(22)13-7-2-1-6-11-16-12-8-14-20(16)18(23)19-15-9-4-3-5-10-15/h3-5,8-10,12,14H,1-2,6-7,11,13H2,(H,19,23)(H,21,22). The molecule has 0 bridgehead atoms. The van der Waals surface area contributed by atoms with Gasteiger partial charge < -0.3 is 10.4 Å². The maximum atomic E-state index is 12.3. The fraction of sp³-hybridized carbons (Fsp3) is 0.333. The van der Waals surface area contributed by atoms with Gasteiger partial charge in [-0.1, -0.05) is 31.0 Å². The molecular formula is C18H22N2O3. The molecule has 0 saturated carbocycles. The largest absolute Gasteiger partial charge is 0.481 e. The van der Waals surface area contributed by atoms with Crippen LogP contribution in [0.15, 0.2) is 48.7 Å². The lowest BCUT2D eigenvalue weighted by Crippen LogP contribution is -2.20. The highest BCUT2D eigenvalue weighted by atomic mass is 16.4. The van der Waals surface area contributed by atoms with E-state index in [4.69, 9.17) is 5.11 Å². The lowest BCUT2D eigenvalue weighted by atomic mass is 10.1. The van der Waals surface area contributed by atoms with E-state index in [0.29, 0.717) is 6.42 Å². The van der Waals surface area contributed by atoms with E-state index >= 15 is 0 Å². The second-order valence-corrected chi connectivity index (χ2v) is 5.47. The van der Waals surface area contributed by atoms with Gasteiger partial charge in [-0.3, -0.25) is 9.36 Å². The number of anilines is 1. The number of benzene rings is 1. The molecule has 0 fully saturated rings. The Morgan fingerprint density at radius 2 is 1.70 bits per heavy atom. The van der Waals surface area contributed by atoms with Crippen LogP contribution in [0, 0.1) is 0 Å². The summed E-state index contributed by atoms with van der Waals surface area (Å²) in [5, 5.41) is 11.5. The molecule has 2 rings (SSSR count). The highest BCUT2D eigenvalue weighted by molar-refractivity contribution is 5.91. The Kier molecular flexibility index (Phi) is 6.41. The number of nitrogens with one attached hydrogen (secondary N) is 1. The number of nitrogens with zero attached hydrogens (tertiary/aromatic N) is 1. The quantitative estimate of drug-likeness (QED) is 0.719. The predicted molar refractivity (Wildman–Crippen MR) is 89.7 cm³/mol. The number of aliphatic carboxylic acids is 1. The van der Waals surface area contributed by atoms with Gasteiger partial charge in [0.25, 0.3) is 0 Å². The second-order valence-electron chi connectivity index (χ2n) is 5.47. The molecule has 1 amide bonds. The van der Waals surface area contributed by atoms with Crippen LogP contribution in [0.3, 0.4) is 0 Å². The van der Waals surface area contributed by atoms with E-state index in [-0.39, 0.29) is 12.5 Å². The molecular weight excluding hydrogens is 292 g/mol. The van der Waals surface area contributed by atoms with Crippen molar-refractivity contribution in [1.29, 1.82) is 0 Å². The summed E-state index contributed by atoms with van der Waals surface area (Å²) in [4.78, 5) is 22.7. The van der Waals surface area contributed by atoms with E-state index in [9.17, 15) is 9.59 Å². The van der Waals surface area contributed by atoms with Crippen LogP contribution < -0.4 is 5.32 Å². The summed E-state index contributed by atoms with van der Waals surface area (Å²) in [7, 11) is 0. The van der Waals surface area contributed by atoms with Crippen molar-refractivity contribution in [2.75, 3.05) is 5.32 Å². The number of amides is 1. The number of carboxylic acids is 1. The summed E-state index contributed by atoms with van der Waals surface area (Å²) in [5.74, 6) is -0.739. The van der Waals surface area contributed by atoms with E-state index in [0.717, 1.165) is 37.1 Å². The van der Waals surface area contributed by atoms with Crippen LogP contribution in [0.25, 0.3) is 0 Å². The fourth-order valence-electron chi connectivity index (χ4n) is 2.46. The minimum atomic E-state index is -0.739. The van der Waals surface area contributed by atoms with Crippen molar-refractivity contribution >= 4 is 17.7 Å². The first-order valence-corrected chi connectivity index (χ1v) is 7.91. The number of rotatable bonds is 8. The fourth-order valence-corrected chi connectivity index (χ4v) is 2.46. The Bertz CT molecular complexity index is 635. The molecule has 0 atom stereocenters. The third kappa shape index (κ3) is 5.62. The number of carbonyl (C=O) groups is 2. The van der Waals surface area contributed by atoms with Crippen molar-refractivity contribution in [1.82, 2.24) is 4.57 Å². The van der Waals surface area contributed by atoms with Crippen molar-refractivity contribution in [2.45, 2.75) is 38.5 Å². The van der Waals surface area contributed by atoms with Gasteiger partial charge in [-0.2, -0.15) is 0 Å². The normalized spacial score (nSPS) is 10.4. The topological polar surface area (TPSA) is 71.3 Å². The van der Waals surface area contributed by atoms with Crippen LogP contribution >= 0.6 is 0 Å². The van der Waals surface area contributed by atoms with E-state index in [1.807, 2.05) is 42.5 Å². The molecule has 5 heteroatoms. The van der Waals surface area contributed by atoms with Gasteiger partial charge in [0.05, 0.1) is 0 Å². The van der Waals surface area contributed by atoms with Gasteiger partial charge in [0, 0.05) is 24.0 Å². The van der Waals surface area contributed by atoms with Crippen LogP contribution in [-0.4, -0.2) is 21.7 Å². The molecule has 0 radical (unpaired) electrons. The molecule has 0 spiro atoms. The van der Waals surface area contributed by atoms with Gasteiger partial charge >= 0.3 is 12.0 Å². The first kappa shape index (κ1) is 16.8. The monoisotopic (exact) mass is 314 g/mol. The molecule has 122 valence electrons. The Labute approximate surface area is 135 Å². The van der Waals surface area contributed by atoms with E-state index in [1.54, 1.807) is 10.8 Å². The summed E-state index contributed by atoms with van der Waals surface area (Å²) in [6.45, 7) is 0. The van der Waals surface area contributed by atoms with E-state index in [1.165, 1.54) is 0 Å². The highest BCUT2D eigenvalue weighted by Crippen LogP contribution is 2.12. The number of hydrogen-bond acceptors (Lipinski definition) is 2. The summed E-state index contributed by atoms with van der Waals surface area (Å²) in [5.41, 5.74) is 1.74. The Morgan fingerprint density at radius 3 is 2.43 bits per heavy atom. The summed E-state index contributed by atoms with van der Waals surface area (Å²) in [6.07, 6.45) is 6.34. The highest BCUT2D eigenvalue weighted by Gasteiger charge is 2.09. The van der Waals surface area contributed by atoms with Crippen LogP contribution in [0.2, 0.25) is 0 Å². The van der Waals surface area contributed by atoms with Crippen molar-refractivity contribution in [3.63, 3.8) is 0 Å². The molecule has 1 heterocycles. The van der Waals surface area contributed by atoms with Crippen LogP contribution in [-0.2, 0) is 11.2 Å². The number of carboxylic acid groups (broad SMARTS) is 1. The SMILES string of the molecule is O=C(O)CCCCCCc1cccn1C(=O)Nc1ccccc1. The molecule has 0 unspecified atom stereocenters. The van der Waals surface area contributed by atoms with Crippen LogP contribution in [0.4, 0.5) is 10.5 Å². The molecule has 2 aromatic rings. The maximum Gasteiger partial charge on any atom is 0.330 e. The first-order valence-electron chi connectivity index (χ1n) is 7.91. The van der Waals surface area contributed by atoms with Gasteiger partial charge in [0.1, 0.15) is 0 Å². The Hall–Kier alpha value is -2.56. The summed E-state index contributed by atoms with van der Waals surface area (Å²) >= 11 is 0. The molecule has 0 aliphatic heterocycles. The number of hydrogen-bond donors (Lipinski definition) is 2. The van der Waals surface area contributed by atoms with Gasteiger partial charge in [-0.25, -0.2) is 4.79 Å². The summed E-state index contributed by atoms with van der Waals surface area (Å²) < 4.78 is 1.63. The average molecular weight is 314 g/mol. The van der Waals surface area contributed by atoms with Crippen molar-refractivity contribution in [2.24, 2.45) is 0 Å². The second kappa shape index (κ2) is 8.78. The molecule has 0 saturated heterocycles. The zero-order valence-electron chi connectivity index (χ0n) is 13.1. The van der Waals surface area contributed by atoms with Gasteiger partial charge in [-0.15, -0.1) is 0 Å². The predicted octanol–water partition coefficient (Wildman–Crippen LogP) is 4.15. The van der Waals surface area contributed by atoms with E-state index in [2.05, 4.69) is 5.32 Å². The molecule has 0 aliphatic carbocycles. The first-order chi connectivity index (χ1) is 11.2. The lowest BCUT2D eigenvalue weighted by molar-refractivity contribution is -0.137. The van der Waals surface area contributed by atoms with Crippen LogP contribution in [0.5, 0.6) is 0 Å². The number of para-hydroxylation sites is 1. The minimum absolute atomic E-state index is 0.165. The maximum absolute atomic E-state index is 12.3. The third-order valence-electron chi connectivity index (χ3n) is 3.65. The van der Waals surface area contributed by atoms with Crippen LogP contribution in [0.1, 0.15) is 37.8 Å². The molecule has 23 heavy (non-hydrogen) atoms. The van der Waals surface area contributed by atoms with Gasteiger partial charge in [0.2, 0.25) is 0 Å². The number of unbranched alkanes of at least 4 members (excludes halogenated alkanes) is 3. The van der Waals surface area contributed by atoms with Gasteiger partial charge in [-0.05, 0) is 43.5 Å². The average Bonchev–Trinajstić information content (AvgIpc) is 3.00. The number of aromatic nitrogens is 1.